The van der Waals surface area contributed by atoms with Crippen molar-refractivity contribution in [3.63, 3.8) is 0 Å². The van der Waals surface area contributed by atoms with Crippen LogP contribution in [-0.2, 0) is 23.1 Å². The molecule has 0 unspecified atom stereocenters. The maximum atomic E-state index is 12.0. The molecule has 8 heteroatoms. The summed E-state index contributed by atoms with van der Waals surface area (Å²) in [6.45, 7) is 0.337. The lowest BCUT2D eigenvalue weighted by Gasteiger charge is -2.04. The summed E-state index contributed by atoms with van der Waals surface area (Å²) in [6.07, 6.45) is 5.84. The Morgan fingerprint density at radius 2 is 2.21 bits per heavy atom. The number of aliphatic hydroxyl groups is 1. The molecule has 0 amide bonds. The molecule has 0 radical (unpaired) electrons. The van der Waals surface area contributed by atoms with E-state index in [1.807, 2.05) is 0 Å². The van der Waals surface area contributed by atoms with E-state index >= 15 is 0 Å². The van der Waals surface area contributed by atoms with Crippen LogP contribution in [0.1, 0.15) is 5.56 Å². The van der Waals surface area contributed by atoms with Gasteiger partial charge in [-0.2, -0.15) is 5.10 Å². The number of pyridine rings is 1. The summed E-state index contributed by atoms with van der Waals surface area (Å²) >= 11 is 0. The van der Waals surface area contributed by atoms with Gasteiger partial charge in [-0.15, -0.1) is 0 Å². The SMILES string of the molecule is O=S(=O)(NCc1cccnc1)c1cnn(CCO)c1. The van der Waals surface area contributed by atoms with Crippen LogP contribution in [0, 0.1) is 0 Å². The molecule has 0 fully saturated rings. The Balaban J connectivity index is 2.05. The standard InChI is InChI=1S/C11H14N4O3S/c16-5-4-15-9-11(8-13-15)19(17,18)14-7-10-2-1-3-12-6-10/h1-3,6,8-9,14,16H,4-5,7H2. The van der Waals surface area contributed by atoms with Crippen molar-refractivity contribution >= 4 is 10.0 Å². The average molecular weight is 282 g/mol. The summed E-state index contributed by atoms with van der Waals surface area (Å²) in [6, 6.07) is 3.52. The Labute approximate surface area is 111 Å². The van der Waals surface area contributed by atoms with Gasteiger partial charge in [0.05, 0.1) is 19.3 Å². The number of hydrogen-bond acceptors (Lipinski definition) is 5. The van der Waals surface area contributed by atoms with Crippen molar-refractivity contribution in [2.45, 2.75) is 18.0 Å². The van der Waals surface area contributed by atoms with Gasteiger partial charge in [0.15, 0.2) is 0 Å². The number of aromatic nitrogens is 3. The fourth-order valence-electron chi connectivity index (χ4n) is 1.47. The molecule has 0 spiro atoms. The van der Waals surface area contributed by atoms with Gasteiger partial charge in [-0.3, -0.25) is 9.67 Å². The van der Waals surface area contributed by atoms with Gasteiger partial charge in [0, 0.05) is 25.1 Å². The number of nitrogens with zero attached hydrogens (tertiary/aromatic N) is 3. The number of hydrogen-bond donors (Lipinski definition) is 2. The Kier molecular flexibility index (Phi) is 4.25. The molecule has 0 aliphatic carbocycles. The van der Waals surface area contributed by atoms with Crippen LogP contribution in [0.4, 0.5) is 0 Å². The van der Waals surface area contributed by atoms with Gasteiger partial charge in [0.2, 0.25) is 10.0 Å². The molecule has 0 saturated heterocycles. The van der Waals surface area contributed by atoms with Crippen LogP contribution in [0.2, 0.25) is 0 Å². The molecule has 2 rings (SSSR count). The van der Waals surface area contributed by atoms with Crippen molar-refractivity contribution in [1.29, 1.82) is 0 Å². The van der Waals surface area contributed by atoms with Gasteiger partial charge >= 0.3 is 0 Å². The fourth-order valence-corrected chi connectivity index (χ4v) is 2.44. The van der Waals surface area contributed by atoms with Crippen LogP contribution < -0.4 is 4.72 Å². The van der Waals surface area contributed by atoms with Crippen LogP contribution in [0.5, 0.6) is 0 Å². The smallest absolute Gasteiger partial charge is 0.243 e. The first kappa shape index (κ1) is 13.7. The first-order chi connectivity index (χ1) is 9.12. The van der Waals surface area contributed by atoms with Crippen molar-refractivity contribution in [2.75, 3.05) is 6.61 Å². The van der Waals surface area contributed by atoms with E-state index in [2.05, 4.69) is 14.8 Å². The third-order valence-electron chi connectivity index (χ3n) is 2.44. The maximum Gasteiger partial charge on any atom is 0.243 e. The molecule has 0 bridgehead atoms. The highest BCUT2D eigenvalue weighted by Gasteiger charge is 2.15. The highest BCUT2D eigenvalue weighted by molar-refractivity contribution is 7.89. The van der Waals surface area contributed by atoms with E-state index < -0.39 is 10.0 Å². The van der Waals surface area contributed by atoms with Crippen molar-refractivity contribution in [3.8, 4) is 0 Å². The molecule has 0 aliphatic heterocycles. The highest BCUT2D eigenvalue weighted by Crippen LogP contribution is 2.08. The van der Waals surface area contributed by atoms with Gasteiger partial charge < -0.3 is 5.11 Å². The number of sulfonamides is 1. The molecular formula is C11H14N4O3S. The zero-order valence-electron chi connectivity index (χ0n) is 10.1. The second-order valence-corrected chi connectivity index (χ2v) is 5.62. The summed E-state index contributed by atoms with van der Waals surface area (Å²) in [7, 11) is -3.60. The van der Waals surface area contributed by atoms with Gasteiger partial charge in [-0.1, -0.05) is 6.07 Å². The summed E-state index contributed by atoms with van der Waals surface area (Å²) in [5, 5.41) is 12.6. The monoisotopic (exact) mass is 282 g/mol. The molecule has 0 saturated carbocycles. The van der Waals surface area contributed by atoms with Crippen molar-refractivity contribution < 1.29 is 13.5 Å². The van der Waals surface area contributed by atoms with Crippen LogP contribution in [0.15, 0.2) is 41.8 Å². The van der Waals surface area contributed by atoms with Crippen LogP contribution in [-0.4, -0.2) is 34.9 Å². The first-order valence-corrected chi connectivity index (χ1v) is 7.12. The summed E-state index contributed by atoms with van der Waals surface area (Å²) in [5.74, 6) is 0. The van der Waals surface area contributed by atoms with Crippen LogP contribution in [0.25, 0.3) is 0 Å². The van der Waals surface area contributed by atoms with Crippen molar-refractivity contribution in [2.24, 2.45) is 0 Å². The van der Waals surface area contributed by atoms with E-state index in [4.69, 9.17) is 5.11 Å². The summed E-state index contributed by atoms with van der Waals surface area (Å²) < 4.78 is 27.8. The number of nitrogens with one attached hydrogen (secondary N) is 1. The van der Waals surface area contributed by atoms with Gasteiger partial charge in [0.25, 0.3) is 0 Å². The molecule has 2 aromatic heterocycles. The van der Waals surface area contributed by atoms with E-state index in [0.29, 0.717) is 0 Å². The molecule has 0 atom stereocenters. The minimum atomic E-state index is -3.60. The lowest BCUT2D eigenvalue weighted by molar-refractivity contribution is 0.269. The Hall–Kier alpha value is -1.77. The number of rotatable bonds is 6. The van der Waals surface area contributed by atoms with Gasteiger partial charge in [-0.05, 0) is 11.6 Å². The van der Waals surface area contributed by atoms with Crippen molar-refractivity contribution in [1.82, 2.24) is 19.5 Å². The second kappa shape index (κ2) is 5.91. The van der Waals surface area contributed by atoms with Crippen LogP contribution in [0.3, 0.4) is 0 Å². The minimum Gasteiger partial charge on any atom is -0.394 e. The molecule has 2 heterocycles. The summed E-state index contributed by atoms with van der Waals surface area (Å²) in [5.41, 5.74) is 0.772. The van der Waals surface area contributed by atoms with E-state index in [0.717, 1.165) is 5.56 Å². The zero-order chi connectivity index (χ0) is 13.7. The maximum absolute atomic E-state index is 12.0. The fraction of sp³-hybridized carbons (Fsp3) is 0.273. The lowest BCUT2D eigenvalue weighted by Crippen LogP contribution is -2.23. The molecule has 19 heavy (non-hydrogen) atoms. The molecule has 2 N–H and O–H groups in total. The minimum absolute atomic E-state index is 0.0739. The Morgan fingerprint density at radius 1 is 1.37 bits per heavy atom. The first-order valence-electron chi connectivity index (χ1n) is 5.64. The van der Waals surface area contributed by atoms with Crippen molar-refractivity contribution in [3.05, 3.63) is 42.5 Å². The lowest BCUT2D eigenvalue weighted by atomic mass is 10.3. The largest absolute Gasteiger partial charge is 0.394 e. The third-order valence-corrected chi connectivity index (χ3v) is 3.79. The van der Waals surface area contributed by atoms with E-state index in [-0.39, 0.29) is 24.6 Å². The van der Waals surface area contributed by atoms with E-state index in [1.165, 1.54) is 17.1 Å². The topological polar surface area (TPSA) is 97.1 Å². The third kappa shape index (κ3) is 3.60. The molecule has 2 aromatic rings. The van der Waals surface area contributed by atoms with Gasteiger partial charge in [0.1, 0.15) is 4.90 Å². The predicted octanol–water partition coefficient (Wildman–Crippen LogP) is -0.251. The normalized spacial score (nSPS) is 11.6. The average Bonchev–Trinajstić information content (AvgIpc) is 2.88. The molecule has 0 aromatic carbocycles. The molecule has 7 nitrogen and oxygen atoms in total. The highest BCUT2D eigenvalue weighted by atomic mass is 32.2. The molecule has 0 aliphatic rings. The second-order valence-electron chi connectivity index (χ2n) is 3.85. The number of aliphatic hydroxyl groups excluding tert-OH is 1. The van der Waals surface area contributed by atoms with Gasteiger partial charge in [-0.25, -0.2) is 13.1 Å². The van der Waals surface area contributed by atoms with Crippen LogP contribution >= 0.6 is 0 Å². The molecule has 102 valence electrons. The Morgan fingerprint density at radius 3 is 2.89 bits per heavy atom. The predicted molar refractivity (Wildman–Crippen MR) is 67.6 cm³/mol. The summed E-state index contributed by atoms with van der Waals surface area (Å²) in [4.78, 5) is 3.98. The zero-order valence-corrected chi connectivity index (χ0v) is 10.9. The molecular weight excluding hydrogens is 268 g/mol. The quantitative estimate of drug-likeness (QED) is 0.761. The van der Waals surface area contributed by atoms with E-state index in [9.17, 15) is 8.42 Å². The van der Waals surface area contributed by atoms with E-state index in [1.54, 1.807) is 24.5 Å². The Bertz CT molecular complexity index is 624.